The lowest BCUT2D eigenvalue weighted by Gasteiger charge is -2.03. The van der Waals surface area contributed by atoms with Crippen LogP contribution in [0.1, 0.15) is 0 Å². The minimum Gasteiger partial charge on any atom is -0.236 e. The molecule has 0 unspecified atom stereocenters. The van der Waals surface area contributed by atoms with Crippen molar-refractivity contribution in [2.75, 3.05) is 0 Å². The zero-order valence-corrected chi connectivity index (χ0v) is 9.63. The number of hydrogen-bond acceptors (Lipinski definition) is 2. The standard InChI is InChI=1S/C12H6Cl2N2/c13-8-2-4-9-7(5-8)1-3-10-11(9)15-6-16-12(10)14/h1-6H. The third kappa shape index (κ3) is 1.42. The summed E-state index contributed by atoms with van der Waals surface area (Å²) >= 11 is 12.0. The van der Waals surface area contributed by atoms with Crippen LogP contribution in [0.2, 0.25) is 10.2 Å². The third-order valence-electron chi connectivity index (χ3n) is 2.53. The van der Waals surface area contributed by atoms with Gasteiger partial charge in [0.1, 0.15) is 11.5 Å². The van der Waals surface area contributed by atoms with Crippen LogP contribution in [0.3, 0.4) is 0 Å². The first kappa shape index (κ1) is 9.82. The first-order valence-corrected chi connectivity index (χ1v) is 5.50. The second-order valence-electron chi connectivity index (χ2n) is 3.49. The molecule has 0 atom stereocenters. The van der Waals surface area contributed by atoms with E-state index in [1.165, 1.54) is 6.33 Å². The number of fused-ring (bicyclic) bond motifs is 3. The molecule has 2 aromatic carbocycles. The lowest BCUT2D eigenvalue weighted by molar-refractivity contribution is 1.23. The van der Waals surface area contributed by atoms with Gasteiger partial charge < -0.3 is 0 Å². The Bertz CT molecular complexity index is 695. The molecule has 0 fully saturated rings. The predicted molar refractivity (Wildman–Crippen MR) is 67.1 cm³/mol. The van der Waals surface area contributed by atoms with Crippen LogP contribution in [0.4, 0.5) is 0 Å². The van der Waals surface area contributed by atoms with E-state index in [1.54, 1.807) is 0 Å². The van der Waals surface area contributed by atoms with Crippen molar-refractivity contribution in [1.29, 1.82) is 0 Å². The molecular weight excluding hydrogens is 243 g/mol. The average molecular weight is 249 g/mol. The summed E-state index contributed by atoms with van der Waals surface area (Å²) in [6.45, 7) is 0. The van der Waals surface area contributed by atoms with Gasteiger partial charge in [-0.15, -0.1) is 0 Å². The number of halogens is 2. The van der Waals surface area contributed by atoms with Crippen LogP contribution in [0.5, 0.6) is 0 Å². The van der Waals surface area contributed by atoms with Crippen LogP contribution >= 0.6 is 23.2 Å². The van der Waals surface area contributed by atoms with Gasteiger partial charge in [-0.2, -0.15) is 0 Å². The summed E-state index contributed by atoms with van der Waals surface area (Å²) in [7, 11) is 0. The molecular formula is C12H6Cl2N2. The van der Waals surface area contributed by atoms with Crippen LogP contribution in [-0.2, 0) is 0 Å². The van der Waals surface area contributed by atoms with E-state index >= 15 is 0 Å². The Labute approximate surface area is 102 Å². The quantitative estimate of drug-likeness (QED) is 0.443. The summed E-state index contributed by atoms with van der Waals surface area (Å²) in [4.78, 5) is 8.22. The largest absolute Gasteiger partial charge is 0.236 e. The highest BCUT2D eigenvalue weighted by atomic mass is 35.5. The van der Waals surface area contributed by atoms with E-state index < -0.39 is 0 Å². The molecule has 0 aliphatic rings. The highest BCUT2D eigenvalue weighted by molar-refractivity contribution is 6.35. The molecule has 78 valence electrons. The van der Waals surface area contributed by atoms with Gasteiger partial charge in [-0.05, 0) is 23.6 Å². The van der Waals surface area contributed by atoms with Gasteiger partial charge in [-0.25, -0.2) is 9.97 Å². The van der Waals surface area contributed by atoms with Crippen molar-refractivity contribution in [3.05, 3.63) is 46.8 Å². The number of aromatic nitrogens is 2. The summed E-state index contributed by atoms with van der Waals surface area (Å²) in [5.41, 5.74) is 0.856. The first-order chi connectivity index (χ1) is 7.75. The fraction of sp³-hybridized carbons (Fsp3) is 0. The Hall–Kier alpha value is -1.38. The molecule has 0 spiro atoms. The fourth-order valence-electron chi connectivity index (χ4n) is 1.80. The predicted octanol–water partition coefficient (Wildman–Crippen LogP) is 4.09. The van der Waals surface area contributed by atoms with Gasteiger partial charge in [0.25, 0.3) is 0 Å². The van der Waals surface area contributed by atoms with Crippen LogP contribution in [-0.4, -0.2) is 9.97 Å². The topological polar surface area (TPSA) is 25.8 Å². The first-order valence-electron chi connectivity index (χ1n) is 4.74. The van der Waals surface area contributed by atoms with Crippen molar-refractivity contribution in [2.24, 2.45) is 0 Å². The van der Waals surface area contributed by atoms with E-state index in [0.29, 0.717) is 10.2 Å². The van der Waals surface area contributed by atoms with Crippen LogP contribution in [0.25, 0.3) is 21.7 Å². The second kappa shape index (κ2) is 3.58. The second-order valence-corrected chi connectivity index (χ2v) is 4.29. The van der Waals surface area contributed by atoms with Gasteiger partial charge in [-0.1, -0.05) is 35.3 Å². The molecule has 3 rings (SSSR count). The number of benzene rings is 2. The fourth-order valence-corrected chi connectivity index (χ4v) is 2.17. The Kier molecular flexibility index (Phi) is 2.20. The zero-order valence-electron chi connectivity index (χ0n) is 8.11. The van der Waals surface area contributed by atoms with Gasteiger partial charge >= 0.3 is 0 Å². The number of rotatable bonds is 0. The van der Waals surface area contributed by atoms with Crippen molar-refractivity contribution in [2.45, 2.75) is 0 Å². The smallest absolute Gasteiger partial charge is 0.140 e. The van der Waals surface area contributed by atoms with Crippen molar-refractivity contribution in [1.82, 2.24) is 9.97 Å². The maximum Gasteiger partial charge on any atom is 0.140 e. The number of nitrogens with zero attached hydrogens (tertiary/aromatic N) is 2. The van der Waals surface area contributed by atoms with Crippen molar-refractivity contribution in [3.63, 3.8) is 0 Å². The summed E-state index contributed by atoms with van der Waals surface area (Å²) < 4.78 is 0. The summed E-state index contributed by atoms with van der Waals surface area (Å²) in [5, 5.41) is 4.13. The Morgan fingerprint density at radius 2 is 1.69 bits per heavy atom. The zero-order chi connectivity index (χ0) is 11.1. The third-order valence-corrected chi connectivity index (χ3v) is 3.07. The van der Waals surface area contributed by atoms with E-state index in [1.807, 2.05) is 30.3 Å². The molecule has 16 heavy (non-hydrogen) atoms. The highest BCUT2D eigenvalue weighted by Crippen LogP contribution is 2.28. The van der Waals surface area contributed by atoms with Crippen molar-refractivity contribution >= 4 is 44.9 Å². The highest BCUT2D eigenvalue weighted by Gasteiger charge is 2.05. The summed E-state index contributed by atoms with van der Waals surface area (Å²) in [6.07, 6.45) is 1.47. The van der Waals surface area contributed by atoms with Crippen LogP contribution in [0.15, 0.2) is 36.7 Å². The Morgan fingerprint density at radius 3 is 2.56 bits per heavy atom. The SMILES string of the molecule is Clc1ccc2c(ccc3c(Cl)ncnc32)c1. The molecule has 3 aromatic rings. The Balaban J connectivity index is 2.55. The maximum absolute atomic E-state index is 6.01. The summed E-state index contributed by atoms with van der Waals surface area (Å²) in [6, 6.07) is 9.59. The van der Waals surface area contributed by atoms with E-state index in [9.17, 15) is 0 Å². The maximum atomic E-state index is 6.01. The average Bonchev–Trinajstić information content (AvgIpc) is 2.28. The monoisotopic (exact) mass is 248 g/mol. The Morgan fingerprint density at radius 1 is 0.875 bits per heavy atom. The lowest BCUT2D eigenvalue weighted by atomic mass is 10.1. The molecule has 0 amide bonds. The molecule has 0 saturated carbocycles. The molecule has 0 saturated heterocycles. The normalized spacial score (nSPS) is 11.1. The molecule has 0 aliphatic carbocycles. The van der Waals surface area contributed by atoms with Crippen molar-refractivity contribution < 1.29 is 0 Å². The lowest BCUT2D eigenvalue weighted by Crippen LogP contribution is -1.85. The van der Waals surface area contributed by atoms with Gasteiger partial charge in [0.15, 0.2) is 0 Å². The van der Waals surface area contributed by atoms with E-state index in [2.05, 4.69) is 9.97 Å². The molecule has 4 heteroatoms. The minimum atomic E-state index is 0.474. The van der Waals surface area contributed by atoms with Gasteiger partial charge in [-0.3, -0.25) is 0 Å². The van der Waals surface area contributed by atoms with Gasteiger partial charge in [0, 0.05) is 15.8 Å². The van der Waals surface area contributed by atoms with Gasteiger partial charge in [0.05, 0.1) is 5.52 Å². The molecule has 0 radical (unpaired) electrons. The summed E-state index contributed by atoms with van der Waals surface area (Å²) in [5.74, 6) is 0. The van der Waals surface area contributed by atoms with Crippen LogP contribution in [0, 0.1) is 0 Å². The van der Waals surface area contributed by atoms with E-state index in [4.69, 9.17) is 23.2 Å². The van der Waals surface area contributed by atoms with Crippen molar-refractivity contribution in [3.8, 4) is 0 Å². The molecule has 2 nitrogen and oxygen atoms in total. The van der Waals surface area contributed by atoms with Gasteiger partial charge in [0.2, 0.25) is 0 Å². The van der Waals surface area contributed by atoms with Crippen LogP contribution < -0.4 is 0 Å². The molecule has 1 heterocycles. The number of hydrogen-bond donors (Lipinski definition) is 0. The molecule has 0 N–H and O–H groups in total. The molecule has 1 aromatic heterocycles. The van der Waals surface area contributed by atoms with E-state index in [0.717, 1.165) is 21.7 Å². The van der Waals surface area contributed by atoms with E-state index in [-0.39, 0.29) is 0 Å². The molecule has 0 bridgehead atoms. The molecule has 0 aliphatic heterocycles. The minimum absolute atomic E-state index is 0.474.